The lowest BCUT2D eigenvalue weighted by Gasteiger charge is -2.19. The molecule has 2 amide bonds. The van der Waals surface area contributed by atoms with E-state index in [2.05, 4.69) is 12.2 Å². The number of hydrogen-bond acceptors (Lipinski definition) is 3. The lowest BCUT2D eigenvalue weighted by molar-refractivity contribution is -0.121. The Morgan fingerprint density at radius 1 is 1.43 bits per heavy atom. The molecule has 1 aliphatic rings. The van der Waals surface area contributed by atoms with Crippen molar-refractivity contribution in [2.75, 3.05) is 19.6 Å². The molecule has 4 nitrogen and oxygen atoms in total. The van der Waals surface area contributed by atoms with Crippen molar-refractivity contribution in [3.63, 3.8) is 0 Å². The Bertz CT molecular complexity index is 524. The van der Waals surface area contributed by atoms with Crippen LogP contribution in [0.15, 0.2) is 6.07 Å². The van der Waals surface area contributed by atoms with Gasteiger partial charge in [-0.25, -0.2) is 0 Å². The molecule has 1 unspecified atom stereocenters. The van der Waals surface area contributed by atoms with Crippen molar-refractivity contribution in [3.8, 4) is 0 Å². The van der Waals surface area contributed by atoms with Crippen LogP contribution in [0, 0.1) is 5.92 Å². The van der Waals surface area contributed by atoms with E-state index in [1.165, 1.54) is 16.9 Å². The van der Waals surface area contributed by atoms with E-state index in [4.69, 9.17) is 0 Å². The van der Waals surface area contributed by atoms with Gasteiger partial charge in [-0.2, -0.15) is 0 Å². The fraction of sp³-hybridized carbons (Fsp3) is 0.625. The van der Waals surface area contributed by atoms with E-state index in [1.807, 2.05) is 19.9 Å². The number of hydrogen-bond donors (Lipinski definition) is 1. The largest absolute Gasteiger partial charge is 0.355 e. The summed E-state index contributed by atoms with van der Waals surface area (Å²) in [6.45, 7) is 7.33. The molecule has 116 valence electrons. The molecule has 1 aromatic heterocycles. The summed E-state index contributed by atoms with van der Waals surface area (Å²) in [4.78, 5) is 28.0. The fourth-order valence-electron chi connectivity index (χ4n) is 2.72. The maximum Gasteiger partial charge on any atom is 0.264 e. The molecule has 1 N–H and O–H groups in total. The van der Waals surface area contributed by atoms with Crippen LogP contribution in [0.5, 0.6) is 0 Å². The lowest BCUT2D eigenvalue weighted by atomic mass is 9.90. The van der Waals surface area contributed by atoms with E-state index in [0.29, 0.717) is 19.0 Å². The SMILES string of the molecule is CCNC(=O)CN(CC)C(=O)c1cc2c(s1)CCC(C)C2. The fourth-order valence-corrected chi connectivity index (χ4v) is 3.90. The molecule has 1 aliphatic carbocycles. The van der Waals surface area contributed by atoms with Crippen LogP contribution >= 0.6 is 11.3 Å². The average molecular weight is 308 g/mol. The number of rotatable bonds is 5. The Balaban J connectivity index is 2.09. The predicted molar refractivity (Wildman–Crippen MR) is 85.8 cm³/mol. The van der Waals surface area contributed by atoms with Gasteiger partial charge >= 0.3 is 0 Å². The van der Waals surface area contributed by atoms with E-state index in [0.717, 1.165) is 17.7 Å². The standard InChI is InChI=1S/C16H24N2O2S/c1-4-17-15(19)10-18(5-2)16(20)14-9-12-8-11(3)6-7-13(12)21-14/h9,11H,4-8,10H2,1-3H3,(H,17,19). The first-order chi connectivity index (χ1) is 10.0. The smallest absolute Gasteiger partial charge is 0.264 e. The minimum Gasteiger partial charge on any atom is -0.355 e. The summed E-state index contributed by atoms with van der Waals surface area (Å²) in [6.07, 6.45) is 3.36. The topological polar surface area (TPSA) is 49.4 Å². The van der Waals surface area contributed by atoms with Crippen molar-refractivity contribution < 1.29 is 9.59 Å². The van der Waals surface area contributed by atoms with Gasteiger partial charge in [0.05, 0.1) is 11.4 Å². The molecule has 1 heterocycles. The van der Waals surface area contributed by atoms with E-state index in [1.54, 1.807) is 16.2 Å². The first-order valence-corrected chi connectivity index (χ1v) is 8.54. The molecule has 2 rings (SSSR count). The Kier molecular flexibility index (Phi) is 5.39. The lowest BCUT2D eigenvalue weighted by Crippen LogP contribution is -2.40. The van der Waals surface area contributed by atoms with E-state index in [-0.39, 0.29) is 18.4 Å². The van der Waals surface area contributed by atoms with Crippen LogP contribution in [0.1, 0.15) is 47.3 Å². The van der Waals surface area contributed by atoms with Gasteiger partial charge < -0.3 is 10.2 Å². The Morgan fingerprint density at radius 3 is 2.86 bits per heavy atom. The number of likely N-dealkylation sites (N-methyl/N-ethyl adjacent to an activating group) is 2. The monoisotopic (exact) mass is 308 g/mol. The van der Waals surface area contributed by atoms with Crippen molar-refractivity contribution in [1.29, 1.82) is 0 Å². The van der Waals surface area contributed by atoms with Crippen LogP contribution in [0.2, 0.25) is 0 Å². The number of carbonyl (C=O) groups excluding carboxylic acids is 2. The Labute approximate surface area is 130 Å². The summed E-state index contributed by atoms with van der Waals surface area (Å²) in [5.74, 6) is 0.589. The van der Waals surface area contributed by atoms with Gasteiger partial charge in [0.15, 0.2) is 0 Å². The van der Waals surface area contributed by atoms with Crippen LogP contribution < -0.4 is 5.32 Å². The molecule has 21 heavy (non-hydrogen) atoms. The van der Waals surface area contributed by atoms with Crippen molar-refractivity contribution in [1.82, 2.24) is 10.2 Å². The molecule has 5 heteroatoms. The summed E-state index contributed by atoms with van der Waals surface area (Å²) in [6, 6.07) is 2.04. The molecule has 0 radical (unpaired) electrons. The number of nitrogens with zero attached hydrogens (tertiary/aromatic N) is 1. The maximum atomic E-state index is 12.6. The average Bonchev–Trinajstić information content (AvgIpc) is 2.87. The van der Waals surface area contributed by atoms with Gasteiger partial charge in [0.1, 0.15) is 0 Å². The number of fused-ring (bicyclic) bond motifs is 1. The highest BCUT2D eigenvalue weighted by molar-refractivity contribution is 7.14. The predicted octanol–water partition coefficient (Wildman–Crippen LogP) is 2.47. The van der Waals surface area contributed by atoms with Crippen LogP contribution in [-0.2, 0) is 17.6 Å². The summed E-state index contributed by atoms with van der Waals surface area (Å²) < 4.78 is 0. The first kappa shape index (κ1) is 16.0. The van der Waals surface area contributed by atoms with Gasteiger partial charge in [-0.1, -0.05) is 6.92 Å². The highest BCUT2D eigenvalue weighted by Gasteiger charge is 2.23. The minimum atomic E-state index is -0.0948. The molecule has 0 fully saturated rings. The molecule has 0 aromatic carbocycles. The molecule has 1 atom stereocenters. The third-order valence-corrected chi connectivity index (χ3v) is 5.14. The normalized spacial score (nSPS) is 17.2. The first-order valence-electron chi connectivity index (χ1n) is 7.72. The Morgan fingerprint density at radius 2 is 2.19 bits per heavy atom. The van der Waals surface area contributed by atoms with Gasteiger partial charge in [-0.3, -0.25) is 9.59 Å². The molecule has 0 bridgehead atoms. The molecule has 0 aliphatic heterocycles. The van der Waals surface area contributed by atoms with Crippen LogP contribution in [-0.4, -0.2) is 36.3 Å². The van der Waals surface area contributed by atoms with E-state index in [9.17, 15) is 9.59 Å². The zero-order valence-electron chi connectivity index (χ0n) is 13.1. The molecule has 1 aromatic rings. The number of amides is 2. The number of aryl methyl sites for hydroxylation is 1. The number of thiophene rings is 1. The zero-order chi connectivity index (χ0) is 15.4. The van der Waals surface area contributed by atoms with Crippen LogP contribution in [0.4, 0.5) is 0 Å². The zero-order valence-corrected chi connectivity index (χ0v) is 13.9. The second-order valence-corrected chi connectivity index (χ2v) is 6.82. The molecular weight excluding hydrogens is 284 g/mol. The van der Waals surface area contributed by atoms with Crippen molar-refractivity contribution in [2.24, 2.45) is 5.92 Å². The van der Waals surface area contributed by atoms with Crippen molar-refractivity contribution in [2.45, 2.75) is 40.0 Å². The second-order valence-electron chi connectivity index (χ2n) is 5.68. The van der Waals surface area contributed by atoms with Crippen LogP contribution in [0.25, 0.3) is 0 Å². The molecule has 0 spiro atoms. The van der Waals surface area contributed by atoms with Gasteiger partial charge in [0.25, 0.3) is 5.91 Å². The number of nitrogens with one attached hydrogen (secondary N) is 1. The number of carbonyl (C=O) groups is 2. The highest BCUT2D eigenvalue weighted by atomic mass is 32.1. The highest BCUT2D eigenvalue weighted by Crippen LogP contribution is 2.32. The third kappa shape index (κ3) is 3.84. The van der Waals surface area contributed by atoms with Crippen molar-refractivity contribution >= 4 is 23.2 Å². The van der Waals surface area contributed by atoms with E-state index >= 15 is 0 Å². The second kappa shape index (κ2) is 7.07. The summed E-state index contributed by atoms with van der Waals surface area (Å²) in [5.41, 5.74) is 1.33. The summed E-state index contributed by atoms with van der Waals surface area (Å²) in [5, 5.41) is 2.74. The minimum absolute atomic E-state index is 0.0178. The molecular formula is C16H24N2O2S. The van der Waals surface area contributed by atoms with E-state index < -0.39 is 0 Å². The maximum absolute atomic E-state index is 12.6. The molecule has 0 saturated carbocycles. The summed E-state index contributed by atoms with van der Waals surface area (Å²) >= 11 is 1.61. The molecule has 0 saturated heterocycles. The Hall–Kier alpha value is -1.36. The van der Waals surface area contributed by atoms with Gasteiger partial charge in [-0.05, 0) is 50.7 Å². The van der Waals surface area contributed by atoms with Crippen molar-refractivity contribution in [3.05, 3.63) is 21.4 Å². The summed E-state index contributed by atoms with van der Waals surface area (Å²) in [7, 11) is 0. The van der Waals surface area contributed by atoms with Gasteiger partial charge in [0.2, 0.25) is 5.91 Å². The van der Waals surface area contributed by atoms with Crippen LogP contribution in [0.3, 0.4) is 0 Å². The van der Waals surface area contributed by atoms with Gasteiger partial charge in [-0.15, -0.1) is 11.3 Å². The van der Waals surface area contributed by atoms with Gasteiger partial charge in [0, 0.05) is 18.0 Å². The third-order valence-electron chi connectivity index (χ3n) is 3.92. The quantitative estimate of drug-likeness (QED) is 0.908.